The van der Waals surface area contributed by atoms with Gasteiger partial charge in [-0.3, -0.25) is 9.79 Å². The number of aliphatic imine (C=N–C) groups is 1. The molecular weight excluding hydrogens is 369 g/mol. The molecule has 1 heterocycles. The van der Waals surface area contributed by atoms with E-state index in [1.807, 2.05) is 53.4 Å². The van der Waals surface area contributed by atoms with Crippen molar-refractivity contribution < 1.29 is 21.7 Å². The Morgan fingerprint density at radius 3 is 2.46 bits per heavy atom. The summed E-state index contributed by atoms with van der Waals surface area (Å²) in [6, 6.07) is 15.6. The summed E-state index contributed by atoms with van der Waals surface area (Å²) in [4.78, 5) is 19.2. The van der Waals surface area contributed by atoms with E-state index in [-0.39, 0.29) is 24.9 Å². The highest BCUT2D eigenvalue weighted by molar-refractivity contribution is 6.32. The minimum atomic E-state index is 0. The first kappa shape index (κ1) is 20.4. The Morgan fingerprint density at radius 2 is 1.81 bits per heavy atom. The van der Waals surface area contributed by atoms with Gasteiger partial charge in [-0.15, -0.1) is 0 Å². The van der Waals surface area contributed by atoms with Gasteiger partial charge in [0.2, 0.25) is 5.91 Å². The maximum absolute atomic E-state index is 12.7. The standard InChI is InChI=1S/C20H23ClN3O.ClH/c1-24(2,3)12-11-23-18-10-9-16(21)13-17(18)20(22-14-19(23)25)15-7-5-4-6-8-15;/h4-10,13H,11-12,14H2,1-3H3;1H/q+1;/p-1. The number of carbonyl (C=O) groups excluding carboxylic acids is 1. The van der Waals surface area contributed by atoms with E-state index in [0.717, 1.165) is 33.6 Å². The zero-order chi connectivity index (χ0) is 18.0. The van der Waals surface area contributed by atoms with Crippen LogP contribution in [0.25, 0.3) is 0 Å². The highest BCUT2D eigenvalue weighted by atomic mass is 35.5. The van der Waals surface area contributed by atoms with Crippen molar-refractivity contribution in [3.8, 4) is 0 Å². The van der Waals surface area contributed by atoms with Crippen molar-refractivity contribution in [1.82, 2.24) is 0 Å². The number of nitrogens with zero attached hydrogens (tertiary/aromatic N) is 3. The maximum atomic E-state index is 12.7. The van der Waals surface area contributed by atoms with Crippen LogP contribution in [0.4, 0.5) is 5.69 Å². The minimum Gasteiger partial charge on any atom is -1.00 e. The van der Waals surface area contributed by atoms with Crippen molar-refractivity contribution in [2.75, 3.05) is 45.7 Å². The average molecular weight is 392 g/mol. The zero-order valence-corrected chi connectivity index (χ0v) is 16.8. The molecule has 0 aromatic heterocycles. The Kier molecular flexibility index (Phi) is 6.45. The van der Waals surface area contributed by atoms with Gasteiger partial charge >= 0.3 is 0 Å². The van der Waals surface area contributed by atoms with Gasteiger partial charge in [0.15, 0.2) is 0 Å². The molecule has 4 nitrogen and oxygen atoms in total. The number of benzodiazepines with no additional fused rings is 1. The van der Waals surface area contributed by atoms with Crippen molar-refractivity contribution in [1.29, 1.82) is 0 Å². The first-order chi connectivity index (χ1) is 11.8. The number of hydrogen-bond donors (Lipinski definition) is 0. The molecule has 0 atom stereocenters. The molecule has 1 aliphatic rings. The van der Waals surface area contributed by atoms with Crippen LogP contribution < -0.4 is 17.3 Å². The van der Waals surface area contributed by atoms with Crippen LogP contribution in [0.2, 0.25) is 5.02 Å². The third-order valence-corrected chi connectivity index (χ3v) is 4.45. The SMILES string of the molecule is C[N+](C)(C)CCN1C(=O)CN=C(c2ccccc2)c2cc(Cl)ccc21.[Cl-]. The molecule has 1 amide bonds. The van der Waals surface area contributed by atoms with Gasteiger partial charge in [-0.1, -0.05) is 41.9 Å². The fourth-order valence-corrected chi connectivity index (χ4v) is 3.04. The van der Waals surface area contributed by atoms with Crippen LogP contribution in [0.3, 0.4) is 0 Å². The number of halogens is 2. The molecule has 0 aliphatic carbocycles. The number of likely N-dealkylation sites (N-methyl/N-ethyl adjacent to an activating group) is 1. The number of hydrogen-bond acceptors (Lipinski definition) is 2. The fraction of sp³-hybridized carbons (Fsp3) is 0.300. The van der Waals surface area contributed by atoms with Gasteiger partial charge in [-0.25, -0.2) is 0 Å². The van der Waals surface area contributed by atoms with Crippen LogP contribution in [0.15, 0.2) is 53.5 Å². The van der Waals surface area contributed by atoms with Gasteiger partial charge in [0.05, 0.1) is 45.6 Å². The second-order valence-electron chi connectivity index (χ2n) is 7.25. The van der Waals surface area contributed by atoms with E-state index in [9.17, 15) is 4.79 Å². The molecule has 0 saturated carbocycles. The quantitative estimate of drug-likeness (QED) is 0.686. The number of fused-ring (bicyclic) bond motifs is 1. The Balaban J connectivity index is 0.00000243. The van der Waals surface area contributed by atoms with Crippen molar-refractivity contribution in [2.45, 2.75) is 0 Å². The van der Waals surface area contributed by atoms with Gasteiger partial charge in [0.1, 0.15) is 6.54 Å². The Morgan fingerprint density at radius 1 is 1.12 bits per heavy atom. The second kappa shape index (κ2) is 8.21. The largest absolute Gasteiger partial charge is 1.00 e. The van der Waals surface area contributed by atoms with E-state index in [1.54, 1.807) is 0 Å². The van der Waals surface area contributed by atoms with Gasteiger partial charge < -0.3 is 21.8 Å². The second-order valence-corrected chi connectivity index (χ2v) is 7.69. The predicted molar refractivity (Wildman–Crippen MR) is 104 cm³/mol. The van der Waals surface area contributed by atoms with Crippen molar-refractivity contribution >= 4 is 28.9 Å². The molecule has 138 valence electrons. The summed E-state index contributed by atoms with van der Waals surface area (Å²) in [6.45, 7) is 1.65. The lowest BCUT2D eigenvalue weighted by Crippen LogP contribution is -3.00. The highest BCUT2D eigenvalue weighted by Crippen LogP contribution is 2.29. The van der Waals surface area contributed by atoms with Crippen LogP contribution >= 0.6 is 11.6 Å². The van der Waals surface area contributed by atoms with E-state index < -0.39 is 0 Å². The monoisotopic (exact) mass is 391 g/mol. The first-order valence-corrected chi connectivity index (χ1v) is 8.73. The molecule has 0 radical (unpaired) electrons. The summed E-state index contributed by atoms with van der Waals surface area (Å²) in [7, 11) is 6.37. The number of amides is 1. The number of anilines is 1. The van der Waals surface area contributed by atoms with Gasteiger partial charge in [0, 0.05) is 16.1 Å². The van der Waals surface area contributed by atoms with Crippen molar-refractivity contribution in [3.63, 3.8) is 0 Å². The summed E-state index contributed by atoms with van der Waals surface area (Å²) in [5, 5.41) is 0.642. The normalized spacial score (nSPS) is 14.2. The lowest BCUT2D eigenvalue weighted by molar-refractivity contribution is -0.868. The minimum absolute atomic E-state index is 0. The van der Waals surface area contributed by atoms with Crippen LogP contribution in [0.1, 0.15) is 11.1 Å². The molecule has 0 N–H and O–H groups in total. The molecule has 2 aromatic rings. The summed E-state index contributed by atoms with van der Waals surface area (Å²) in [5.74, 6) is 0.0166. The van der Waals surface area contributed by atoms with E-state index in [0.29, 0.717) is 11.6 Å². The van der Waals surface area contributed by atoms with Gasteiger partial charge in [-0.05, 0) is 18.2 Å². The summed E-state index contributed by atoms with van der Waals surface area (Å²) in [6.07, 6.45) is 0. The molecule has 0 bridgehead atoms. The molecule has 3 rings (SSSR count). The zero-order valence-electron chi connectivity index (χ0n) is 15.2. The predicted octanol–water partition coefficient (Wildman–Crippen LogP) is 0.234. The Hall–Kier alpha value is -1.88. The molecule has 6 heteroatoms. The number of carbonyl (C=O) groups is 1. The molecule has 0 spiro atoms. The molecular formula is C20H23Cl2N3O. The Labute approximate surface area is 166 Å². The number of quaternary nitrogens is 1. The van der Waals surface area contributed by atoms with Crippen LogP contribution in [-0.2, 0) is 4.79 Å². The van der Waals surface area contributed by atoms with Crippen LogP contribution in [-0.4, -0.2) is 56.9 Å². The molecule has 26 heavy (non-hydrogen) atoms. The average Bonchev–Trinajstić information content (AvgIpc) is 2.69. The number of benzene rings is 2. The highest BCUT2D eigenvalue weighted by Gasteiger charge is 2.26. The van der Waals surface area contributed by atoms with Gasteiger partial charge in [0.25, 0.3) is 0 Å². The van der Waals surface area contributed by atoms with E-state index in [4.69, 9.17) is 11.6 Å². The molecule has 0 saturated heterocycles. The van der Waals surface area contributed by atoms with Gasteiger partial charge in [-0.2, -0.15) is 0 Å². The lowest BCUT2D eigenvalue weighted by Gasteiger charge is -2.29. The molecule has 1 aliphatic heterocycles. The molecule has 2 aromatic carbocycles. The first-order valence-electron chi connectivity index (χ1n) is 8.36. The van der Waals surface area contributed by atoms with Crippen LogP contribution in [0, 0.1) is 0 Å². The fourth-order valence-electron chi connectivity index (χ4n) is 2.87. The third kappa shape index (κ3) is 4.64. The summed E-state index contributed by atoms with van der Waals surface area (Å²) in [5.41, 5.74) is 3.60. The smallest absolute Gasteiger partial charge is 0.248 e. The lowest BCUT2D eigenvalue weighted by atomic mass is 10.00. The molecule has 0 fully saturated rings. The van der Waals surface area contributed by atoms with E-state index in [2.05, 4.69) is 26.1 Å². The third-order valence-electron chi connectivity index (χ3n) is 4.22. The van der Waals surface area contributed by atoms with Crippen molar-refractivity contribution in [3.05, 3.63) is 64.7 Å². The van der Waals surface area contributed by atoms with E-state index >= 15 is 0 Å². The topological polar surface area (TPSA) is 32.7 Å². The Bertz CT molecular complexity index is 814. The van der Waals surface area contributed by atoms with E-state index in [1.165, 1.54) is 0 Å². The molecule has 0 unspecified atom stereocenters. The van der Waals surface area contributed by atoms with Crippen molar-refractivity contribution in [2.24, 2.45) is 4.99 Å². The number of rotatable bonds is 4. The maximum Gasteiger partial charge on any atom is 0.248 e. The summed E-state index contributed by atoms with van der Waals surface area (Å²) >= 11 is 6.25. The summed E-state index contributed by atoms with van der Waals surface area (Å²) < 4.78 is 0.791. The van der Waals surface area contributed by atoms with Crippen LogP contribution in [0.5, 0.6) is 0 Å².